The maximum absolute atomic E-state index is 14.3. The van der Waals surface area contributed by atoms with E-state index in [9.17, 15) is 58.2 Å². The third-order valence-electron chi connectivity index (χ3n) is 12.6. The first kappa shape index (κ1) is 67.5. The lowest BCUT2D eigenvalue weighted by Gasteiger charge is -2.29. The van der Waals surface area contributed by atoms with E-state index in [2.05, 4.69) is 67.0 Å². The van der Waals surface area contributed by atoms with Gasteiger partial charge in [-0.15, -0.1) is 0 Å². The fourth-order valence-electron chi connectivity index (χ4n) is 8.05. The summed E-state index contributed by atoms with van der Waals surface area (Å²) in [5.74, 6) is -8.33. The summed E-state index contributed by atoms with van der Waals surface area (Å²) in [6.45, 7) is 12.9. The van der Waals surface area contributed by atoms with Crippen LogP contribution in [0, 0.1) is 17.8 Å². The highest BCUT2D eigenvalue weighted by atomic mass is 16.3. The Morgan fingerprint density at radius 2 is 1.03 bits per heavy atom. The lowest BCUT2D eigenvalue weighted by atomic mass is 9.99. The minimum atomic E-state index is -1.65. The largest absolute Gasteiger partial charge is 0.391 e. The molecule has 0 aromatic heterocycles. The molecular weight excluding hydrogens is 977 g/mol. The van der Waals surface area contributed by atoms with Gasteiger partial charge in [0.2, 0.25) is 59.1 Å². The van der Waals surface area contributed by atoms with E-state index in [0.717, 1.165) is 19.3 Å². The Balaban J connectivity index is 3.82. The molecule has 20 N–H and O–H groups in total. The highest BCUT2D eigenvalue weighted by molar-refractivity contribution is 5.98. The summed E-state index contributed by atoms with van der Waals surface area (Å²) in [6, 6.07) is -12.8. The molecule has 12 unspecified atom stereocenters. The van der Waals surface area contributed by atoms with Crippen LogP contribution in [0.25, 0.3) is 0 Å². The van der Waals surface area contributed by atoms with E-state index in [1.54, 1.807) is 27.7 Å². The van der Waals surface area contributed by atoms with Crippen LogP contribution >= 0.6 is 0 Å². The van der Waals surface area contributed by atoms with E-state index >= 15 is 0 Å². The van der Waals surface area contributed by atoms with Crippen LogP contribution in [0.3, 0.4) is 0 Å². The SMILES string of the molecule is CCC(C)CCCCC(=O)NC(C(=O)NC(CCN)C(=O)NC1CCNC(=O)C(C(C)O)NC(=O)C(CCN)NC(=O)C(CCN)NC(=O)C(CC(C)C)NC(=O)C(CC(C)C)NC(=O)C(CCN)NC1=O)C(C)O. The van der Waals surface area contributed by atoms with Crippen LogP contribution in [0.2, 0.25) is 0 Å². The molecule has 1 rings (SSSR count). The summed E-state index contributed by atoms with van der Waals surface area (Å²) in [5, 5.41) is 46.8. The maximum atomic E-state index is 14.3. The van der Waals surface area contributed by atoms with Gasteiger partial charge in [-0.2, -0.15) is 0 Å². The minimum Gasteiger partial charge on any atom is -0.391 e. The highest BCUT2D eigenvalue weighted by Crippen LogP contribution is 2.14. The van der Waals surface area contributed by atoms with Crippen molar-refractivity contribution in [1.82, 2.24) is 53.2 Å². The van der Waals surface area contributed by atoms with E-state index in [0.29, 0.717) is 12.3 Å². The molecule has 26 heteroatoms. The summed E-state index contributed by atoms with van der Waals surface area (Å²) >= 11 is 0. The monoisotopic (exact) mass is 1070 g/mol. The first-order chi connectivity index (χ1) is 35.3. The molecule has 10 amide bonds. The number of aliphatic hydroxyl groups excluding tert-OH is 2. The van der Waals surface area contributed by atoms with Crippen molar-refractivity contribution in [2.75, 3.05) is 32.7 Å². The zero-order valence-corrected chi connectivity index (χ0v) is 45.4. The van der Waals surface area contributed by atoms with Crippen molar-refractivity contribution in [2.24, 2.45) is 40.7 Å². The van der Waals surface area contributed by atoms with Gasteiger partial charge in [0.05, 0.1) is 12.2 Å². The molecule has 0 radical (unpaired) electrons. The van der Waals surface area contributed by atoms with Gasteiger partial charge in [-0.05, 0) is 109 Å². The molecule has 0 saturated carbocycles. The van der Waals surface area contributed by atoms with Gasteiger partial charge in [0.25, 0.3) is 0 Å². The van der Waals surface area contributed by atoms with Crippen molar-refractivity contribution in [2.45, 2.75) is 199 Å². The molecule has 1 heterocycles. The van der Waals surface area contributed by atoms with Crippen molar-refractivity contribution in [3.63, 3.8) is 0 Å². The number of carbonyl (C=O) groups is 10. The molecule has 1 aliphatic heterocycles. The Bertz CT molecular complexity index is 1860. The predicted octanol–water partition coefficient (Wildman–Crippen LogP) is -4.28. The van der Waals surface area contributed by atoms with Gasteiger partial charge >= 0.3 is 0 Å². The molecular formula is C49H92N14O12. The Labute approximate surface area is 441 Å². The number of unbranched alkanes of at least 4 members (excludes halogenated alkanes) is 1. The topological polar surface area (TPSA) is 436 Å². The van der Waals surface area contributed by atoms with Crippen molar-refractivity contribution in [3.8, 4) is 0 Å². The van der Waals surface area contributed by atoms with E-state index < -0.39 is 139 Å². The molecule has 12 atom stereocenters. The molecule has 0 aliphatic carbocycles. The van der Waals surface area contributed by atoms with Gasteiger partial charge in [-0.25, -0.2) is 0 Å². The van der Waals surface area contributed by atoms with Crippen LogP contribution in [0.5, 0.6) is 0 Å². The Hall–Kier alpha value is -5.54. The second kappa shape index (κ2) is 35.7. The zero-order chi connectivity index (χ0) is 56.9. The molecule has 75 heavy (non-hydrogen) atoms. The number of hydrogen-bond donors (Lipinski definition) is 16. The van der Waals surface area contributed by atoms with Gasteiger partial charge in [-0.3, -0.25) is 47.9 Å². The van der Waals surface area contributed by atoms with E-state index in [1.165, 1.54) is 13.8 Å². The van der Waals surface area contributed by atoms with Gasteiger partial charge in [0.1, 0.15) is 54.4 Å². The molecule has 0 aromatic rings. The van der Waals surface area contributed by atoms with Crippen LogP contribution < -0.4 is 76.1 Å². The normalized spacial score (nSPS) is 24.2. The maximum Gasteiger partial charge on any atom is 0.245 e. The molecule has 430 valence electrons. The summed E-state index contributed by atoms with van der Waals surface area (Å²) in [4.78, 5) is 138. The van der Waals surface area contributed by atoms with Crippen LogP contribution in [0.1, 0.15) is 132 Å². The van der Waals surface area contributed by atoms with Crippen molar-refractivity contribution in [1.29, 1.82) is 0 Å². The quantitative estimate of drug-likeness (QED) is 0.0385. The lowest BCUT2D eigenvalue weighted by Crippen LogP contribution is -2.61. The van der Waals surface area contributed by atoms with Gasteiger partial charge in [0.15, 0.2) is 0 Å². The molecule has 1 fully saturated rings. The standard InChI is InChI=1S/C49H92N14O12/c1-9-28(6)12-10-11-13-38(66)62-40(30(8)65)49(75)59-33(16-21-52)42(68)58-35-18-23-54-48(74)39(29(7)64)63-45(71)34(17-22-53)56-41(67)31(14-19-50)57-46(72)36(24-26(2)3)61-47(73)37(25-27(4)5)60-43(69)32(15-20-51)55-44(35)70/h26-37,39-40,64-65H,9-25,50-53H2,1-8H3,(H,54,74)(H,55,70)(H,56,67)(H,57,72)(H,58,68)(H,59,75)(H,60,69)(H,61,73)(H,62,66)(H,63,71). The van der Waals surface area contributed by atoms with Crippen molar-refractivity contribution in [3.05, 3.63) is 0 Å². The number of nitrogens with one attached hydrogen (secondary N) is 10. The van der Waals surface area contributed by atoms with Crippen LogP contribution in [0.4, 0.5) is 0 Å². The second-order valence-electron chi connectivity index (χ2n) is 20.3. The lowest BCUT2D eigenvalue weighted by molar-refractivity contribution is -0.136. The molecule has 26 nitrogen and oxygen atoms in total. The number of aliphatic hydroxyl groups is 2. The Kier molecular flexibility index (Phi) is 32.1. The number of rotatable bonds is 25. The summed E-state index contributed by atoms with van der Waals surface area (Å²) in [7, 11) is 0. The van der Waals surface area contributed by atoms with Gasteiger partial charge < -0.3 is 86.3 Å². The summed E-state index contributed by atoms with van der Waals surface area (Å²) < 4.78 is 0. The number of nitrogens with two attached hydrogens (primary N) is 4. The third kappa shape index (κ3) is 25.2. The number of carbonyl (C=O) groups excluding carboxylic acids is 10. The first-order valence-electron chi connectivity index (χ1n) is 26.5. The van der Waals surface area contributed by atoms with Gasteiger partial charge in [0, 0.05) is 13.0 Å². The summed E-state index contributed by atoms with van der Waals surface area (Å²) in [6.07, 6.45) is -0.459. The molecule has 0 bridgehead atoms. The van der Waals surface area contributed by atoms with E-state index in [4.69, 9.17) is 22.9 Å². The van der Waals surface area contributed by atoms with Crippen LogP contribution in [-0.4, -0.2) is 169 Å². The summed E-state index contributed by atoms with van der Waals surface area (Å²) in [5.41, 5.74) is 23.4. The average Bonchev–Trinajstić information content (AvgIpc) is 3.33. The van der Waals surface area contributed by atoms with E-state index in [-0.39, 0.29) is 83.0 Å². The number of hydrogen-bond acceptors (Lipinski definition) is 16. The smallest absolute Gasteiger partial charge is 0.245 e. The van der Waals surface area contributed by atoms with Crippen LogP contribution in [0.15, 0.2) is 0 Å². The fraction of sp³-hybridized carbons (Fsp3) is 0.796. The predicted molar refractivity (Wildman–Crippen MR) is 280 cm³/mol. The van der Waals surface area contributed by atoms with E-state index in [1.807, 2.05) is 0 Å². The first-order valence-corrected chi connectivity index (χ1v) is 26.5. The average molecular weight is 1070 g/mol. The highest BCUT2D eigenvalue weighted by Gasteiger charge is 2.37. The molecule has 0 spiro atoms. The Morgan fingerprint density at radius 3 is 1.45 bits per heavy atom. The minimum absolute atomic E-state index is 0.0672. The van der Waals surface area contributed by atoms with Gasteiger partial charge in [-0.1, -0.05) is 60.8 Å². The molecule has 1 saturated heterocycles. The number of amides is 10. The zero-order valence-electron chi connectivity index (χ0n) is 45.4. The fourth-order valence-corrected chi connectivity index (χ4v) is 8.05. The Morgan fingerprint density at radius 1 is 0.573 bits per heavy atom. The van der Waals surface area contributed by atoms with Crippen molar-refractivity contribution < 1.29 is 58.2 Å². The van der Waals surface area contributed by atoms with Crippen LogP contribution in [-0.2, 0) is 47.9 Å². The van der Waals surface area contributed by atoms with Crippen molar-refractivity contribution >= 4 is 59.1 Å². The molecule has 1 aliphatic rings. The third-order valence-corrected chi connectivity index (χ3v) is 12.6. The molecule has 0 aromatic carbocycles. The second-order valence-corrected chi connectivity index (χ2v) is 20.3.